The van der Waals surface area contributed by atoms with Crippen LogP contribution in [-0.4, -0.2) is 23.1 Å². The second-order valence-electron chi connectivity index (χ2n) is 10.6. The van der Waals surface area contributed by atoms with Gasteiger partial charge in [-0.1, -0.05) is 33.6 Å². The van der Waals surface area contributed by atoms with E-state index in [2.05, 4.69) is 27.7 Å². The third kappa shape index (κ3) is 3.26. The molecule has 6 atom stereocenters. The van der Waals surface area contributed by atoms with E-state index in [1.54, 1.807) is 0 Å². The van der Waals surface area contributed by atoms with Crippen LogP contribution in [0.2, 0.25) is 0 Å². The van der Waals surface area contributed by atoms with Gasteiger partial charge in [-0.15, -0.1) is 0 Å². The number of carbonyl (C=O) groups is 2. The minimum atomic E-state index is -1.15. The van der Waals surface area contributed by atoms with Gasteiger partial charge in [-0.05, 0) is 90.0 Å². The molecule has 3 aliphatic carbocycles. The molecule has 164 valence electrons. The molecule has 0 bridgehead atoms. The molecule has 0 aliphatic heterocycles. The molecule has 2 fully saturated rings. The van der Waals surface area contributed by atoms with Gasteiger partial charge in [0.15, 0.2) is 0 Å². The van der Waals surface area contributed by atoms with Crippen LogP contribution in [0.1, 0.15) is 76.0 Å². The minimum Gasteiger partial charge on any atom is -0.481 e. The molecule has 0 saturated heterocycles. The maximum absolute atomic E-state index is 12.2. The zero-order chi connectivity index (χ0) is 21.8. The number of carbonyl (C=O) groups excluding carboxylic acids is 1. The van der Waals surface area contributed by atoms with Crippen LogP contribution >= 0.6 is 0 Å². The van der Waals surface area contributed by atoms with E-state index < -0.39 is 24.4 Å². The molecule has 5 nitrogen and oxygen atoms in total. The monoisotopic (exact) mass is 413 g/mol. The Kier molecular flexibility index (Phi) is 5.24. The lowest BCUT2D eigenvalue weighted by molar-refractivity contribution is -0.143. The second kappa shape index (κ2) is 7.37. The van der Waals surface area contributed by atoms with Gasteiger partial charge in [0.2, 0.25) is 0 Å². The van der Waals surface area contributed by atoms with Crippen molar-refractivity contribution >= 4 is 11.9 Å². The highest BCUT2D eigenvalue weighted by Gasteiger charge is 2.59. The number of nitrogens with two attached hydrogens (primary N) is 1. The summed E-state index contributed by atoms with van der Waals surface area (Å²) in [6, 6.07) is 2.78. The molecule has 0 aromatic heterocycles. The number of hydrogen-bond acceptors (Lipinski definition) is 4. The predicted molar refractivity (Wildman–Crippen MR) is 115 cm³/mol. The second-order valence-corrected chi connectivity index (χ2v) is 10.6. The van der Waals surface area contributed by atoms with E-state index in [9.17, 15) is 9.59 Å². The summed E-state index contributed by atoms with van der Waals surface area (Å²) in [6.45, 7) is 9.53. The molecule has 3 aliphatic rings. The average molecular weight is 414 g/mol. The summed E-state index contributed by atoms with van der Waals surface area (Å²) in [5, 5.41) is 8.87. The number of ether oxygens (including phenoxy) is 1. The van der Waals surface area contributed by atoms with Crippen LogP contribution in [0, 0.1) is 30.1 Å². The number of fused-ring (bicyclic) bond motifs is 5. The van der Waals surface area contributed by atoms with Gasteiger partial charge < -0.3 is 15.6 Å². The Balaban J connectivity index is 1.63. The lowest BCUT2D eigenvalue weighted by atomic mass is 9.46. The van der Waals surface area contributed by atoms with Crippen molar-refractivity contribution in [2.45, 2.75) is 84.1 Å². The SMILES string of the molecule is Cc1cc(OC(=O)C(N)CC(=O)O)cc2c1C1(C)CCC3C(C)CCCC3(C)C1C2. The molecule has 2 saturated carbocycles. The Labute approximate surface area is 179 Å². The lowest BCUT2D eigenvalue weighted by Crippen LogP contribution is -2.52. The zero-order valence-electron chi connectivity index (χ0n) is 18.7. The van der Waals surface area contributed by atoms with Crippen molar-refractivity contribution in [3.05, 3.63) is 28.8 Å². The summed E-state index contributed by atoms with van der Waals surface area (Å²) in [5.74, 6) is 0.895. The summed E-state index contributed by atoms with van der Waals surface area (Å²) in [5.41, 5.74) is 10.1. The molecule has 30 heavy (non-hydrogen) atoms. The van der Waals surface area contributed by atoms with Gasteiger partial charge in [0.25, 0.3) is 0 Å². The van der Waals surface area contributed by atoms with Crippen molar-refractivity contribution in [3.8, 4) is 5.75 Å². The van der Waals surface area contributed by atoms with E-state index in [0.717, 1.165) is 23.8 Å². The van der Waals surface area contributed by atoms with Gasteiger partial charge in [-0.2, -0.15) is 0 Å². The Hall–Kier alpha value is -1.88. The van der Waals surface area contributed by atoms with E-state index in [4.69, 9.17) is 15.6 Å². The summed E-state index contributed by atoms with van der Waals surface area (Å²) in [6.07, 6.45) is 7.09. The van der Waals surface area contributed by atoms with Crippen LogP contribution in [0.3, 0.4) is 0 Å². The first-order valence-corrected chi connectivity index (χ1v) is 11.4. The van der Waals surface area contributed by atoms with Gasteiger partial charge in [-0.3, -0.25) is 4.79 Å². The number of esters is 1. The lowest BCUT2D eigenvalue weighted by Gasteiger charge is -2.58. The quantitative estimate of drug-likeness (QED) is 0.565. The van der Waals surface area contributed by atoms with Gasteiger partial charge in [-0.25, -0.2) is 4.79 Å². The summed E-state index contributed by atoms with van der Waals surface area (Å²) >= 11 is 0. The van der Waals surface area contributed by atoms with Crippen molar-refractivity contribution in [3.63, 3.8) is 0 Å². The summed E-state index contributed by atoms with van der Waals surface area (Å²) in [7, 11) is 0. The minimum absolute atomic E-state index is 0.171. The first kappa shape index (κ1) is 21.4. The first-order chi connectivity index (χ1) is 14.1. The molecule has 0 radical (unpaired) electrons. The third-order valence-electron chi connectivity index (χ3n) is 8.75. The average Bonchev–Trinajstić information content (AvgIpc) is 2.95. The molecule has 0 heterocycles. The van der Waals surface area contributed by atoms with Gasteiger partial charge in [0.05, 0.1) is 6.42 Å². The standard InChI is InChI=1S/C25H35NO4/c1-14-6-5-8-24(3)18(14)7-9-25(4)20(24)12-16-11-17(10-15(2)22(16)25)30-23(29)19(26)13-21(27)28/h10-11,14,18-20H,5-9,12-13,26H2,1-4H3,(H,27,28). The Morgan fingerprint density at radius 2 is 2.00 bits per heavy atom. The largest absolute Gasteiger partial charge is 0.481 e. The summed E-state index contributed by atoms with van der Waals surface area (Å²) in [4.78, 5) is 23.1. The van der Waals surface area contributed by atoms with Crippen LogP contribution in [0.4, 0.5) is 0 Å². The fourth-order valence-corrected chi connectivity index (χ4v) is 7.55. The number of carboxylic acid groups (broad SMARTS) is 1. The fraction of sp³-hybridized carbons (Fsp3) is 0.680. The molecule has 6 unspecified atom stereocenters. The molecule has 1 aromatic rings. The van der Waals surface area contributed by atoms with Crippen LogP contribution in [0.5, 0.6) is 5.75 Å². The Morgan fingerprint density at radius 3 is 2.70 bits per heavy atom. The van der Waals surface area contributed by atoms with E-state index >= 15 is 0 Å². The van der Waals surface area contributed by atoms with Crippen molar-refractivity contribution in [1.82, 2.24) is 0 Å². The molecule has 0 spiro atoms. The van der Waals surface area contributed by atoms with Gasteiger partial charge in [0, 0.05) is 0 Å². The number of aryl methyl sites for hydroxylation is 1. The molecule has 4 rings (SSSR count). The molecule has 5 heteroatoms. The van der Waals surface area contributed by atoms with E-state index in [0.29, 0.717) is 17.1 Å². The highest BCUT2D eigenvalue weighted by molar-refractivity contribution is 5.83. The van der Waals surface area contributed by atoms with Crippen molar-refractivity contribution in [1.29, 1.82) is 0 Å². The number of rotatable bonds is 4. The Bertz CT molecular complexity index is 880. The van der Waals surface area contributed by atoms with Crippen molar-refractivity contribution < 1.29 is 19.4 Å². The molecular formula is C25H35NO4. The van der Waals surface area contributed by atoms with Crippen LogP contribution in [0.25, 0.3) is 0 Å². The number of carboxylic acids is 1. The first-order valence-electron chi connectivity index (χ1n) is 11.4. The molecule has 1 aromatic carbocycles. The van der Waals surface area contributed by atoms with E-state index in [1.165, 1.54) is 43.2 Å². The van der Waals surface area contributed by atoms with Crippen molar-refractivity contribution in [2.24, 2.45) is 28.9 Å². The van der Waals surface area contributed by atoms with Crippen molar-refractivity contribution in [2.75, 3.05) is 0 Å². The van der Waals surface area contributed by atoms with E-state index in [1.807, 2.05) is 12.1 Å². The molecule has 3 N–H and O–H groups in total. The topological polar surface area (TPSA) is 89.6 Å². The van der Waals surface area contributed by atoms with Crippen LogP contribution < -0.4 is 10.5 Å². The Morgan fingerprint density at radius 1 is 1.27 bits per heavy atom. The van der Waals surface area contributed by atoms with E-state index in [-0.39, 0.29) is 5.41 Å². The van der Waals surface area contributed by atoms with Gasteiger partial charge in [0.1, 0.15) is 11.8 Å². The maximum Gasteiger partial charge on any atom is 0.328 e. The fourth-order valence-electron chi connectivity index (χ4n) is 7.55. The summed E-state index contributed by atoms with van der Waals surface area (Å²) < 4.78 is 5.49. The van der Waals surface area contributed by atoms with Crippen LogP contribution in [0.15, 0.2) is 12.1 Å². The smallest absolute Gasteiger partial charge is 0.328 e. The van der Waals surface area contributed by atoms with Crippen LogP contribution in [-0.2, 0) is 21.4 Å². The zero-order valence-corrected chi connectivity index (χ0v) is 18.7. The highest BCUT2D eigenvalue weighted by atomic mass is 16.5. The van der Waals surface area contributed by atoms with Gasteiger partial charge >= 0.3 is 11.9 Å². The number of aliphatic carboxylic acids is 1. The molecule has 0 amide bonds. The normalized spacial score (nSPS) is 35.7. The number of benzene rings is 1. The maximum atomic E-state index is 12.2. The number of hydrogen-bond donors (Lipinski definition) is 2. The third-order valence-corrected chi connectivity index (χ3v) is 8.75. The molecular weight excluding hydrogens is 378 g/mol. The highest BCUT2D eigenvalue weighted by Crippen LogP contribution is 2.65. The predicted octanol–water partition coefficient (Wildman–Crippen LogP) is 4.37.